The number of aromatic nitrogens is 2. The van der Waals surface area contributed by atoms with Crippen molar-refractivity contribution < 1.29 is 4.79 Å². The van der Waals surface area contributed by atoms with Gasteiger partial charge in [-0.2, -0.15) is 0 Å². The van der Waals surface area contributed by atoms with E-state index in [9.17, 15) is 4.79 Å². The number of carbonyl (C=O) groups excluding carboxylic acids is 1. The molecule has 1 N–H and O–H groups in total. The first kappa shape index (κ1) is 16.1. The van der Waals surface area contributed by atoms with E-state index in [0.29, 0.717) is 0 Å². The largest absolute Gasteiger partial charge is 0.342 e. The summed E-state index contributed by atoms with van der Waals surface area (Å²) in [5.41, 5.74) is 2.06. The first-order valence-electron chi connectivity index (χ1n) is 7.49. The van der Waals surface area contributed by atoms with Crippen LogP contribution in [0.1, 0.15) is 21.9 Å². The monoisotopic (exact) mass is 345 g/mol. The molecule has 6 heteroatoms. The Morgan fingerprint density at radius 3 is 2.96 bits per heavy atom. The molecule has 1 aromatic carbocycles. The van der Waals surface area contributed by atoms with Crippen LogP contribution in [0.25, 0.3) is 11.0 Å². The number of nitrogens with zero attached hydrogens (tertiary/aromatic N) is 2. The lowest BCUT2D eigenvalue weighted by molar-refractivity contribution is 0.0795. The number of aryl methyl sites for hydroxylation is 1. The Bertz CT molecular complexity index is 776. The zero-order chi connectivity index (χ0) is 16.2. The molecule has 120 valence electrons. The Balaban J connectivity index is 1.56. The maximum Gasteiger partial charge on any atom is 0.264 e. The minimum atomic E-state index is 0.106. The summed E-state index contributed by atoms with van der Waals surface area (Å²) < 4.78 is 0. The van der Waals surface area contributed by atoms with Crippen LogP contribution in [0.4, 0.5) is 0 Å². The highest BCUT2D eigenvalue weighted by molar-refractivity contribution is 7.98. The van der Waals surface area contributed by atoms with E-state index >= 15 is 0 Å². The molecular weight excluding hydrogens is 326 g/mol. The van der Waals surface area contributed by atoms with E-state index in [1.807, 2.05) is 49.0 Å². The number of H-pyrrole nitrogens is 1. The summed E-state index contributed by atoms with van der Waals surface area (Å²) in [4.78, 5) is 24.1. The van der Waals surface area contributed by atoms with Crippen LogP contribution in [-0.4, -0.2) is 40.6 Å². The van der Waals surface area contributed by atoms with Gasteiger partial charge in [0.25, 0.3) is 5.91 Å². The minimum Gasteiger partial charge on any atom is -0.342 e. The number of thiophene rings is 1. The molecule has 23 heavy (non-hydrogen) atoms. The summed E-state index contributed by atoms with van der Waals surface area (Å²) in [6.07, 6.45) is 3.73. The first-order valence-corrected chi connectivity index (χ1v) is 9.60. The van der Waals surface area contributed by atoms with Gasteiger partial charge in [-0.15, -0.1) is 23.1 Å². The van der Waals surface area contributed by atoms with E-state index in [4.69, 9.17) is 0 Å². The predicted molar refractivity (Wildman–Crippen MR) is 97.5 cm³/mol. The molecule has 2 aromatic heterocycles. The zero-order valence-electron chi connectivity index (χ0n) is 13.2. The van der Waals surface area contributed by atoms with Gasteiger partial charge < -0.3 is 9.88 Å². The quantitative estimate of drug-likeness (QED) is 0.686. The lowest BCUT2D eigenvalue weighted by Gasteiger charge is -2.16. The molecule has 0 spiro atoms. The molecule has 1 amide bonds. The Labute approximate surface area is 143 Å². The fraction of sp³-hybridized carbons (Fsp3) is 0.294. The highest BCUT2D eigenvalue weighted by atomic mass is 32.2. The van der Waals surface area contributed by atoms with Crippen molar-refractivity contribution in [3.63, 3.8) is 0 Å². The number of amides is 1. The molecule has 2 heterocycles. The van der Waals surface area contributed by atoms with Crippen molar-refractivity contribution in [3.8, 4) is 0 Å². The third-order valence-electron chi connectivity index (χ3n) is 3.74. The standard InChI is InChI=1S/C17H19N3OS2/c1-20(17(21)16-14(22-2)9-11-23-16)10-5-8-15-18-12-6-3-4-7-13(12)19-15/h3-4,6-7,9,11H,5,8,10H2,1-2H3,(H,18,19). The van der Waals surface area contributed by atoms with E-state index in [2.05, 4.69) is 9.97 Å². The van der Waals surface area contributed by atoms with Gasteiger partial charge in [-0.05, 0) is 36.3 Å². The van der Waals surface area contributed by atoms with Gasteiger partial charge in [-0.25, -0.2) is 4.98 Å². The second-order valence-electron chi connectivity index (χ2n) is 5.35. The van der Waals surface area contributed by atoms with Crippen LogP contribution in [0, 0.1) is 0 Å². The fourth-order valence-electron chi connectivity index (χ4n) is 2.50. The average Bonchev–Trinajstić information content (AvgIpc) is 3.19. The highest BCUT2D eigenvalue weighted by Gasteiger charge is 2.16. The normalized spacial score (nSPS) is 11.0. The summed E-state index contributed by atoms with van der Waals surface area (Å²) in [6, 6.07) is 10.0. The van der Waals surface area contributed by atoms with Gasteiger partial charge >= 0.3 is 0 Å². The number of carbonyl (C=O) groups is 1. The lowest BCUT2D eigenvalue weighted by atomic mass is 10.3. The summed E-state index contributed by atoms with van der Waals surface area (Å²) in [7, 11) is 1.87. The summed E-state index contributed by atoms with van der Waals surface area (Å²) in [5.74, 6) is 1.09. The van der Waals surface area contributed by atoms with Crippen LogP contribution in [0.3, 0.4) is 0 Å². The number of hydrogen-bond acceptors (Lipinski definition) is 4. The maximum atomic E-state index is 12.5. The van der Waals surface area contributed by atoms with Crippen molar-refractivity contribution in [2.75, 3.05) is 19.8 Å². The molecule has 0 saturated heterocycles. The van der Waals surface area contributed by atoms with Gasteiger partial charge in [-0.1, -0.05) is 12.1 Å². The molecule has 4 nitrogen and oxygen atoms in total. The van der Waals surface area contributed by atoms with E-state index in [1.165, 1.54) is 11.3 Å². The van der Waals surface area contributed by atoms with E-state index < -0.39 is 0 Å². The van der Waals surface area contributed by atoms with Crippen molar-refractivity contribution in [2.45, 2.75) is 17.7 Å². The third kappa shape index (κ3) is 3.59. The number of rotatable bonds is 6. The number of para-hydroxylation sites is 2. The van der Waals surface area contributed by atoms with E-state index in [1.54, 1.807) is 16.7 Å². The van der Waals surface area contributed by atoms with Crippen LogP contribution < -0.4 is 0 Å². The lowest BCUT2D eigenvalue weighted by Crippen LogP contribution is -2.27. The number of nitrogens with one attached hydrogen (secondary N) is 1. The molecule has 0 unspecified atom stereocenters. The molecule has 0 fully saturated rings. The Morgan fingerprint density at radius 1 is 1.35 bits per heavy atom. The minimum absolute atomic E-state index is 0.106. The number of hydrogen-bond donors (Lipinski definition) is 1. The molecular formula is C17H19N3OS2. The summed E-state index contributed by atoms with van der Waals surface area (Å²) in [5, 5.41) is 1.97. The Morgan fingerprint density at radius 2 is 2.17 bits per heavy atom. The van der Waals surface area contributed by atoms with Crippen molar-refractivity contribution in [1.82, 2.24) is 14.9 Å². The molecule has 0 saturated carbocycles. The first-order chi connectivity index (χ1) is 11.2. The third-order valence-corrected chi connectivity index (χ3v) is 5.55. The number of aromatic amines is 1. The maximum absolute atomic E-state index is 12.5. The van der Waals surface area contributed by atoms with Crippen LogP contribution in [-0.2, 0) is 6.42 Å². The fourth-order valence-corrected chi connectivity index (χ4v) is 4.24. The van der Waals surface area contributed by atoms with Crippen LogP contribution in [0.2, 0.25) is 0 Å². The molecule has 0 bridgehead atoms. The number of imidazole rings is 1. The van der Waals surface area contributed by atoms with Crippen molar-refractivity contribution in [2.24, 2.45) is 0 Å². The van der Waals surface area contributed by atoms with E-state index in [0.717, 1.165) is 46.0 Å². The number of fused-ring (bicyclic) bond motifs is 1. The van der Waals surface area contributed by atoms with Gasteiger partial charge in [0.1, 0.15) is 10.7 Å². The van der Waals surface area contributed by atoms with Crippen LogP contribution >= 0.6 is 23.1 Å². The molecule has 0 atom stereocenters. The molecule has 0 radical (unpaired) electrons. The second kappa shape index (κ2) is 7.19. The zero-order valence-corrected chi connectivity index (χ0v) is 14.8. The van der Waals surface area contributed by atoms with Gasteiger partial charge in [-0.3, -0.25) is 4.79 Å². The second-order valence-corrected chi connectivity index (χ2v) is 7.11. The number of benzene rings is 1. The average molecular weight is 345 g/mol. The molecule has 0 aliphatic carbocycles. The van der Waals surface area contributed by atoms with Crippen molar-refractivity contribution >= 4 is 40.0 Å². The van der Waals surface area contributed by atoms with Crippen LogP contribution in [0.5, 0.6) is 0 Å². The predicted octanol–water partition coefficient (Wildman–Crippen LogP) is 4.05. The highest BCUT2D eigenvalue weighted by Crippen LogP contribution is 2.26. The van der Waals surface area contributed by atoms with Crippen molar-refractivity contribution in [1.29, 1.82) is 0 Å². The SMILES string of the molecule is CSc1ccsc1C(=O)N(C)CCCc1nc2ccccc2[nH]1. The molecule has 0 aliphatic heterocycles. The summed E-state index contributed by atoms with van der Waals surface area (Å²) in [6.45, 7) is 0.724. The topological polar surface area (TPSA) is 49.0 Å². The van der Waals surface area contributed by atoms with Crippen molar-refractivity contribution in [3.05, 3.63) is 46.4 Å². The van der Waals surface area contributed by atoms with Gasteiger partial charge in [0.15, 0.2) is 0 Å². The smallest absolute Gasteiger partial charge is 0.264 e. The van der Waals surface area contributed by atoms with Gasteiger partial charge in [0, 0.05) is 24.9 Å². The van der Waals surface area contributed by atoms with Gasteiger partial charge in [0.2, 0.25) is 0 Å². The Kier molecular flexibility index (Phi) is 5.03. The molecule has 3 rings (SSSR count). The number of thioether (sulfide) groups is 1. The molecule has 3 aromatic rings. The van der Waals surface area contributed by atoms with Crippen LogP contribution in [0.15, 0.2) is 40.6 Å². The summed E-state index contributed by atoms with van der Waals surface area (Å²) >= 11 is 3.13. The molecule has 0 aliphatic rings. The Hall–Kier alpha value is -1.79. The van der Waals surface area contributed by atoms with Gasteiger partial charge in [0.05, 0.1) is 11.0 Å². The van der Waals surface area contributed by atoms with E-state index in [-0.39, 0.29) is 5.91 Å².